The molecule has 0 saturated carbocycles. The number of anilines is 1. The van der Waals surface area contributed by atoms with Gasteiger partial charge in [0.05, 0.1) is 6.04 Å². The maximum Gasteiger partial charge on any atom is 0.128 e. The quantitative estimate of drug-likeness (QED) is 0.737. The van der Waals surface area contributed by atoms with Crippen molar-refractivity contribution in [2.45, 2.75) is 32.7 Å². The molecule has 0 amide bonds. The summed E-state index contributed by atoms with van der Waals surface area (Å²) < 4.78 is 15.0. The summed E-state index contributed by atoms with van der Waals surface area (Å²) in [6, 6.07) is 13.1. The molecule has 1 unspecified atom stereocenters. The van der Waals surface area contributed by atoms with E-state index >= 15 is 0 Å². The first-order valence-electron chi connectivity index (χ1n) is 6.95. The standard InChI is InChI=1S/C17H19BrFN/c1-3-12-11-13(18)9-10-17(12)20-16(4-2)14-7-5-6-8-15(14)19/h5-11,16,20H,3-4H2,1-2H3. The Morgan fingerprint density at radius 3 is 2.55 bits per heavy atom. The topological polar surface area (TPSA) is 12.0 Å². The average Bonchev–Trinajstić information content (AvgIpc) is 2.47. The average molecular weight is 336 g/mol. The van der Waals surface area contributed by atoms with E-state index in [1.54, 1.807) is 6.07 Å². The van der Waals surface area contributed by atoms with Gasteiger partial charge in [0.1, 0.15) is 5.82 Å². The molecule has 2 aromatic rings. The van der Waals surface area contributed by atoms with E-state index in [0.29, 0.717) is 0 Å². The van der Waals surface area contributed by atoms with Gasteiger partial charge in [0.25, 0.3) is 0 Å². The summed E-state index contributed by atoms with van der Waals surface area (Å²) in [6.07, 6.45) is 1.77. The molecule has 106 valence electrons. The summed E-state index contributed by atoms with van der Waals surface area (Å²) >= 11 is 3.49. The Labute approximate surface area is 128 Å². The second-order valence-corrected chi connectivity index (χ2v) is 5.70. The summed E-state index contributed by atoms with van der Waals surface area (Å²) in [6.45, 7) is 4.19. The summed E-state index contributed by atoms with van der Waals surface area (Å²) in [5.41, 5.74) is 3.03. The normalized spacial score (nSPS) is 12.2. The van der Waals surface area contributed by atoms with E-state index in [1.807, 2.05) is 24.3 Å². The van der Waals surface area contributed by atoms with Crippen molar-refractivity contribution in [2.75, 3.05) is 5.32 Å². The van der Waals surface area contributed by atoms with Crippen LogP contribution in [-0.4, -0.2) is 0 Å². The van der Waals surface area contributed by atoms with Crippen LogP contribution in [0.1, 0.15) is 37.4 Å². The van der Waals surface area contributed by atoms with Crippen molar-refractivity contribution in [1.82, 2.24) is 0 Å². The summed E-state index contributed by atoms with van der Waals surface area (Å²) in [7, 11) is 0. The molecule has 2 aromatic carbocycles. The molecule has 0 radical (unpaired) electrons. The van der Waals surface area contributed by atoms with Crippen LogP contribution >= 0.6 is 15.9 Å². The van der Waals surface area contributed by atoms with Crippen molar-refractivity contribution in [3.05, 3.63) is 63.9 Å². The number of rotatable bonds is 5. The van der Waals surface area contributed by atoms with Crippen LogP contribution in [0.25, 0.3) is 0 Å². The van der Waals surface area contributed by atoms with Gasteiger partial charge in [-0.2, -0.15) is 0 Å². The first-order chi connectivity index (χ1) is 9.65. The van der Waals surface area contributed by atoms with E-state index in [1.165, 1.54) is 11.6 Å². The monoisotopic (exact) mass is 335 g/mol. The molecule has 3 heteroatoms. The Kier molecular flexibility index (Phi) is 5.18. The highest BCUT2D eigenvalue weighted by Crippen LogP contribution is 2.28. The first kappa shape index (κ1) is 15.0. The maximum absolute atomic E-state index is 13.9. The van der Waals surface area contributed by atoms with Gasteiger partial charge in [-0.25, -0.2) is 4.39 Å². The third kappa shape index (κ3) is 3.40. The van der Waals surface area contributed by atoms with E-state index in [-0.39, 0.29) is 11.9 Å². The highest BCUT2D eigenvalue weighted by molar-refractivity contribution is 9.10. The Morgan fingerprint density at radius 1 is 1.15 bits per heavy atom. The Hall–Kier alpha value is -1.35. The Morgan fingerprint density at radius 2 is 1.90 bits per heavy atom. The lowest BCUT2D eigenvalue weighted by Crippen LogP contribution is -2.12. The minimum absolute atomic E-state index is 0.0114. The van der Waals surface area contributed by atoms with Gasteiger partial charge in [-0.1, -0.05) is 48.0 Å². The van der Waals surface area contributed by atoms with E-state index < -0.39 is 0 Å². The van der Waals surface area contributed by atoms with Crippen molar-refractivity contribution in [2.24, 2.45) is 0 Å². The van der Waals surface area contributed by atoms with E-state index in [9.17, 15) is 4.39 Å². The van der Waals surface area contributed by atoms with Gasteiger partial charge >= 0.3 is 0 Å². The second kappa shape index (κ2) is 6.89. The minimum Gasteiger partial charge on any atom is -0.378 e. The molecule has 1 nitrogen and oxygen atoms in total. The van der Waals surface area contributed by atoms with Crippen LogP contribution in [-0.2, 0) is 6.42 Å². The third-order valence-electron chi connectivity index (χ3n) is 3.47. The molecular weight excluding hydrogens is 317 g/mol. The number of nitrogens with one attached hydrogen (secondary N) is 1. The van der Waals surface area contributed by atoms with Crippen LogP contribution in [0, 0.1) is 5.82 Å². The number of hydrogen-bond donors (Lipinski definition) is 1. The zero-order valence-electron chi connectivity index (χ0n) is 11.8. The van der Waals surface area contributed by atoms with Crippen LogP contribution in [0.4, 0.5) is 10.1 Å². The maximum atomic E-state index is 13.9. The number of aryl methyl sites for hydroxylation is 1. The van der Waals surface area contributed by atoms with Crippen molar-refractivity contribution in [1.29, 1.82) is 0 Å². The molecule has 1 N–H and O–H groups in total. The lowest BCUT2D eigenvalue weighted by molar-refractivity contribution is 0.587. The van der Waals surface area contributed by atoms with E-state index in [0.717, 1.165) is 28.6 Å². The molecule has 0 aliphatic carbocycles. The molecule has 0 spiro atoms. The smallest absolute Gasteiger partial charge is 0.128 e. The van der Waals surface area contributed by atoms with Crippen molar-refractivity contribution >= 4 is 21.6 Å². The highest BCUT2D eigenvalue weighted by atomic mass is 79.9. The van der Waals surface area contributed by atoms with Gasteiger partial charge in [0.2, 0.25) is 0 Å². The molecule has 20 heavy (non-hydrogen) atoms. The second-order valence-electron chi connectivity index (χ2n) is 4.78. The fraction of sp³-hybridized carbons (Fsp3) is 0.294. The van der Waals surface area contributed by atoms with Gasteiger partial charge in [-0.15, -0.1) is 0 Å². The number of hydrogen-bond acceptors (Lipinski definition) is 1. The number of halogens is 2. The molecule has 0 heterocycles. The van der Waals surface area contributed by atoms with Crippen LogP contribution in [0.5, 0.6) is 0 Å². The molecule has 0 saturated heterocycles. The summed E-state index contributed by atoms with van der Waals surface area (Å²) in [4.78, 5) is 0. The largest absolute Gasteiger partial charge is 0.378 e. The van der Waals surface area contributed by atoms with Gasteiger partial charge < -0.3 is 5.32 Å². The third-order valence-corrected chi connectivity index (χ3v) is 3.96. The molecule has 1 atom stereocenters. The highest BCUT2D eigenvalue weighted by Gasteiger charge is 2.14. The zero-order chi connectivity index (χ0) is 14.5. The molecule has 2 rings (SSSR count). The Balaban J connectivity index is 2.29. The van der Waals surface area contributed by atoms with Crippen LogP contribution in [0.15, 0.2) is 46.9 Å². The van der Waals surface area contributed by atoms with Crippen molar-refractivity contribution in [3.8, 4) is 0 Å². The molecule has 0 aliphatic heterocycles. The SMILES string of the molecule is CCc1cc(Br)ccc1NC(CC)c1ccccc1F. The van der Waals surface area contributed by atoms with E-state index in [2.05, 4.69) is 41.2 Å². The lowest BCUT2D eigenvalue weighted by atomic mass is 10.0. The fourth-order valence-corrected chi connectivity index (χ4v) is 2.75. The van der Waals surface area contributed by atoms with Gasteiger partial charge in [0.15, 0.2) is 0 Å². The fourth-order valence-electron chi connectivity index (χ4n) is 2.34. The van der Waals surface area contributed by atoms with Crippen molar-refractivity contribution in [3.63, 3.8) is 0 Å². The molecule has 0 aromatic heterocycles. The summed E-state index contributed by atoms with van der Waals surface area (Å²) in [5, 5.41) is 3.47. The Bertz CT molecular complexity index is 583. The van der Waals surface area contributed by atoms with Crippen LogP contribution in [0.3, 0.4) is 0 Å². The molecule has 0 bridgehead atoms. The predicted molar refractivity (Wildman–Crippen MR) is 86.6 cm³/mol. The number of benzene rings is 2. The van der Waals surface area contributed by atoms with Crippen molar-refractivity contribution < 1.29 is 4.39 Å². The molecular formula is C17H19BrFN. The summed E-state index contributed by atoms with van der Waals surface area (Å²) in [5.74, 6) is -0.151. The zero-order valence-corrected chi connectivity index (χ0v) is 13.4. The minimum atomic E-state index is -0.151. The van der Waals surface area contributed by atoms with Gasteiger partial charge in [-0.05, 0) is 42.7 Å². The van der Waals surface area contributed by atoms with Gasteiger partial charge in [0, 0.05) is 15.7 Å². The van der Waals surface area contributed by atoms with Crippen LogP contribution < -0.4 is 5.32 Å². The lowest BCUT2D eigenvalue weighted by Gasteiger charge is -2.21. The van der Waals surface area contributed by atoms with Crippen LogP contribution in [0.2, 0.25) is 0 Å². The molecule has 0 fully saturated rings. The van der Waals surface area contributed by atoms with Gasteiger partial charge in [-0.3, -0.25) is 0 Å². The molecule has 0 aliphatic rings. The predicted octanol–water partition coefficient (Wildman–Crippen LogP) is 5.71. The van der Waals surface area contributed by atoms with E-state index in [4.69, 9.17) is 0 Å². The first-order valence-corrected chi connectivity index (χ1v) is 7.74.